The lowest BCUT2D eigenvalue weighted by Gasteiger charge is -2.36. The minimum absolute atomic E-state index is 0.0655. The normalized spacial score (nSPS) is 18.4. The summed E-state index contributed by atoms with van der Waals surface area (Å²) in [5.74, 6) is 1.58. The van der Waals surface area contributed by atoms with Crippen LogP contribution in [0.2, 0.25) is 0 Å². The summed E-state index contributed by atoms with van der Waals surface area (Å²) >= 11 is 0. The van der Waals surface area contributed by atoms with Crippen molar-refractivity contribution >= 4 is 17.7 Å². The molecule has 0 saturated carbocycles. The van der Waals surface area contributed by atoms with Crippen LogP contribution in [-0.2, 0) is 4.79 Å². The molecule has 0 aliphatic carbocycles. The molecule has 6 nitrogen and oxygen atoms in total. The van der Waals surface area contributed by atoms with Crippen molar-refractivity contribution in [1.82, 2.24) is 15.3 Å². The van der Waals surface area contributed by atoms with E-state index in [4.69, 9.17) is 0 Å². The number of hydrogen-bond donors (Lipinski definition) is 2. The van der Waals surface area contributed by atoms with Gasteiger partial charge in [-0.05, 0) is 32.6 Å². The highest BCUT2D eigenvalue weighted by Gasteiger charge is 2.30. The number of piperidine rings is 1. The Morgan fingerprint density at radius 3 is 3.00 bits per heavy atom. The number of nitrogens with zero attached hydrogens (tertiary/aromatic N) is 3. The molecule has 1 saturated heterocycles. The summed E-state index contributed by atoms with van der Waals surface area (Å²) in [6, 6.07) is -0.128. The number of aryl methyl sites for hydroxylation is 1. The van der Waals surface area contributed by atoms with Crippen LogP contribution in [-0.4, -0.2) is 42.1 Å². The van der Waals surface area contributed by atoms with E-state index in [9.17, 15) is 4.79 Å². The zero-order valence-corrected chi connectivity index (χ0v) is 13.1. The number of carbonyl (C=O) groups excluding carboxylic acids is 1. The van der Waals surface area contributed by atoms with Gasteiger partial charge in [0, 0.05) is 31.9 Å². The molecule has 1 atom stereocenters. The van der Waals surface area contributed by atoms with Crippen LogP contribution < -0.4 is 15.5 Å². The molecule has 2 N–H and O–H groups in total. The van der Waals surface area contributed by atoms with Gasteiger partial charge in [0.1, 0.15) is 11.9 Å². The second-order valence-corrected chi connectivity index (χ2v) is 5.45. The predicted octanol–water partition coefficient (Wildman–Crippen LogP) is 1.71. The number of nitrogens with one attached hydrogen (secondary N) is 2. The van der Waals surface area contributed by atoms with Crippen LogP contribution in [0.25, 0.3) is 0 Å². The van der Waals surface area contributed by atoms with Crippen LogP contribution in [0.1, 0.15) is 38.2 Å². The van der Waals surface area contributed by atoms with Gasteiger partial charge in [0.2, 0.25) is 11.9 Å². The van der Waals surface area contributed by atoms with Gasteiger partial charge in [-0.25, -0.2) is 4.98 Å². The Hall–Kier alpha value is -1.85. The Morgan fingerprint density at radius 2 is 2.29 bits per heavy atom. The number of aromatic nitrogens is 2. The van der Waals surface area contributed by atoms with Gasteiger partial charge < -0.3 is 15.5 Å². The number of anilines is 2. The predicted molar refractivity (Wildman–Crippen MR) is 84.6 cm³/mol. The molecule has 0 bridgehead atoms. The molecule has 2 heterocycles. The van der Waals surface area contributed by atoms with Gasteiger partial charge in [0.15, 0.2) is 0 Å². The largest absolute Gasteiger partial charge is 0.357 e. The number of likely N-dealkylation sites (N-methyl/N-ethyl adjacent to an activating group) is 1. The van der Waals surface area contributed by atoms with E-state index in [0.29, 0.717) is 5.95 Å². The maximum atomic E-state index is 12.1. The van der Waals surface area contributed by atoms with E-state index < -0.39 is 0 Å². The van der Waals surface area contributed by atoms with E-state index in [1.54, 1.807) is 7.05 Å². The zero-order chi connectivity index (χ0) is 15.2. The van der Waals surface area contributed by atoms with Gasteiger partial charge in [-0.1, -0.05) is 6.92 Å². The number of carbonyl (C=O) groups is 1. The van der Waals surface area contributed by atoms with Crippen molar-refractivity contribution in [2.45, 2.75) is 45.6 Å². The standard InChI is InChI=1S/C15H25N5O/c1-4-8-17-15-18-10-11(2)13(19-15)20-9-6-5-7-12(20)14(21)16-3/h10,12H,4-9H2,1-3H3,(H,16,21)(H,17,18,19). The first-order valence-electron chi connectivity index (χ1n) is 7.73. The molecule has 1 aliphatic rings. The molecule has 1 aromatic rings. The SMILES string of the molecule is CCCNc1ncc(C)c(N2CCCCC2C(=O)NC)n1. The summed E-state index contributed by atoms with van der Waals surface area (Å²) < 4.78 is 0. The third kappa shape index (κ3) is 3.62. The summed E-state index contributed by atoms with van der Waals surface area (Å²) in [5.41, 5.74) is 1.01. The van der Waals surface area contributed by atoms with E-state index in [2.05, 4.69) is 32.4 Å². The van der Waals surface area contributed by atoms with Crippen molar-refractivity contribution in [1.29, 1.82) is 0 Å². The van der Waals surface area contributed by atoms with Crippen molar-refractivity contribution < 1.29 is 4.79 Å². The lowest BCUT2D eigenvalue weighted by Crippen LogP contribution is -2.49. The fourth-order valence-corrected chi connectivity index (χ4v) is 2.67. The third-order valence-electron chi connectivity index (χ3n) is 3.80. The summed E-state index contributed by atoms with van der Waals surface area (Å²) in [7, 11) is 1.69. The average Bonchev–Trinajstić information content (AvgIpc) is 2.53. The van der Waals surface area contributed by atoms with Crippen molar-refractivity contribution in [2.75, 3.05) is 30.4 Å². The molecule has 116 valence electrons. The van der Waals surface area contributed by atoms with Crippen LogP contribution in [0.3, 0.4) is 0 Å². The highest BCUT2D eigenvalue weighted by atomic mass is 16.2. The molecule has 0 spiro atoms. The Balaban J connectivity index is 2.26. The minimum Gasteiger partial charge on any atom is -0.357 e. The topological polar surface area (TPSA) is 70.2 Å². The molecular formula is C15H25N5O. The summed E-state index contributed by atoms with van der Waals surface area (Å²) in [6.45, 7) is 5.81. The quantitative estimate of drug-likeness (QED) is 0.864. The average molecular weight is 291 g/mol. The van der Waals surface area contributed by atoms with Crippen LogP contribution in [0, 0.1) is 6.92 Å². The van der Waals surface area contributed by atoms with Crippen LogP contribution in [0.5, 0.6) is 0 Å². The van der Waals surface area contributed by atoms with Gasteiger partial charge >= 0.3 is 0 Å². The van der Waals surface area contributed by atoms with E-state index in [1.807, 2.05) is 13.1 Å². The minimum atomic E-state index is -0.128. The molecule has 1 aliphatic heterocycles. The third-order valence-corrected chi connectivity index (χ3v) is 3.80. The summed E-state index contributed by atoms with van der Waals surface area (Å²) in [4.78, 5) is 23.2. The first-order valence-corrected chi connectivity index (χ1v) is 7.73. The van der Waals surface area contributed by atoms with Crippen LogP contribution >= 0.6 is 0 Å². The maximum Gasteiger partial charge on any atom is 0.242 e. The number of hydrogen-bond acceptors (Lipinski definition) is 5. The van der Waals surface area contributed by atoms with Gasteiger partial charge in [-0.3, -0.25) is 4.79 Å². The molecule has 1 aromatic heterocycles. The van der Waals surface area contributed by atoms with Crippen LogP contribution in [0.15, 0.2) is 6.20 Å². The first-order chi connectivity index (χ1) is 10.2. The Morgan fingerprint density at radius 1 is 1.48 bits per heavy atom. The van der Waals surface area contributed by atoms with Crippen LogP contribution in [0.4, 0.5) is 11.8 Å². The van der Waals surface area contributed by atoms with Gasteiger partial charge in [-0.2, -0.15) is 4.98 Å². The first kappa shape index (κ1) is 15.5. The smallest absolute Gasteiger partial charge is 0.242 e. The summed E-state index contributed by atoms with van der Waals surface area (Å²) in [6.07, 6.45) is 5.90. The van der Waals surface area contributed by atoms with Crippen molar-refractivity contribution in [3.8, 4) is 0 Å². The van der Waals surface area contributed by atoms with E-state index >= 15 is 0 Å². The fourth-order valence-electron chi connectivity index (χ4n) is 2.67. The second kappa shape index (κ2) is 7.24. The van der Waals surface area contributed by atoms with E-state index in [-0.39, 0.29) is 11.9 Å². The molecule has 1 fully saturated rings. The molecule has 1 amide bonds. The van der Waals surface area contributed by atoms with Crippen molar-refractivity contribution in [2.24, 2.45) is 0 Å². The molecular weight excluding hydrogens is 266 g/mol. The molecule has 6 heteroatoms. The number of amides is 1. The Labute approximate surface area is 126 Å². The molecule has 21 heavy (non-hydrogen) atoms. The highest BCUT2D eigenvalue weighted by molar-refractivity contribution is 5.85. The zero-order valence-electron chi connectivity index (χ0n) is 13.1. The van der Waals surface area contributed by atoms with Gasteiger partial charge in [-0.15, -0.1) is 0 Å². The van der Waals surface area contributed by atoms with E-state index in [0.717, 1.165) is 50.2 Å². The fraction of sp³-hybridized carbons (Fsp3) is 0.667. The monoisotopic (exact) mass is 291 g/mol. The lowest BCUT2D eigenvalue weighted by molar-refractivity contribution is -0.122. The van der Waals surface area contributed by atoms with Crippen molar-refractivity contribution in [3.05, 3.63) is 11.8 Å². The molecule has 0 aromatic carbocycles. The second-order valence-electron chi connectivity index (χ2n) is 5.45. The molecule has 0 radical (unpaired) electrons. The Kier molecular flexibility index (Phi) is 5.36. The number of rotatable bonds is 5. The highest BCUT2D eigenvalue weighted by Crippen LogP contribution is 2.26. The molecule has 1 unspecified atom stereocenters. The molecule has 2 rings (SSSR count). The van der Waals surface area contributed by atoms with Gasteiger partial charge in [0.05, 0.1) is 0 Å². The summed E-state index contributed by atoms with van der Waals surface area (Å²) in [5, 5.41) is 5.97. The maximum absolute atomic E-state index is 12.1. The lowest BCUT2D eigenvalue weighted by atomic mass is 10.0. The van der Waals surface area contributed by atoms with Crippen molar-refractivity contribution in [3.63, 3.8) is 0 Å². The Bertz CT molecular complexity index is 491. The van der Waals surface area contributed by atoms with E-state index in [1.165, 1.54) is 0 Å². The van der Waals surface area contributed by atoms with Gasteiger partial charge in [0.25, 0.3) is 0 Å².